The molecule has 200 valence electrons. The summed E-state index contributed by atoms with van der Waals surface area (Å²) in [6.07, 6.45) is 5.99. The number of ether oxygens (including phenoxy) is 1. The number of amides is 2. The van der Waals surface area contributed by atoms with Crippen LogP contribution in [0.2, 0.25) is 0 Å². The van der Waals surface area contributed by atoms with Gasteiger partial charge in [0.15, 0.2) is 0 Å². The van der Waals surface area contributed by atoms with E-state index in [-0.39, 0.29) is 17.2 Å². The molecule has 0 spiro atoms. The highest BCUT2D eigenvalue weighted by Crippen LogP contribution is 2.28. The molecule has 1 aromatic heterocycles. The molecule has 0 bridgehead atoms. The highest BCUT2D eigenvalue weighted by Gasteiger charge is 2.20. The molecule has 1 saturated heterocycles. The van der Waals surface area contributed by atoms with Gasteiger partial charge in [-0.05, 0) is 61.6 Å². The molecular weight excluding hydrogens is 487 g/mol. The minimum atomic E-state index is -0.472. The normalized spacial score (nSPS) is 16.3. The minimum absolute atomic E-state index is 0.153. The fraction of sp³-hybridized carbons (Fsp3) is 0.414. The van der Waals surface area contributed by atoms with Gasteiger partial charge >= 0.3 is 0 Å². The van der Waals surface area contributed by atoms with Crippen molar-refractivity contribution in [1.29, 1.82) is 0 Å². The van der Waals surface area contributed by atoms with E-state index >= 15 is 0 Å². The van der Waals surface area contributed by atoms with Crippen molar-refractivity contribution in [2.45, 2.75) is 39.0 Å². The number of hydrogen-bond donors (Lipinski definition) is 2. The number of carbonyl (C=O) groups excluding carboxylic acids is 2. The van der Waals surface area contributed by atoms with E-state index in [1.807, 2.05) is 17.9 Å². The number of hydrogen-bond acceptors (Lipinski definition) is 6. The largest absolute Gasteiger partial charge is 0.378 e. The van der Waals surface area contributed by atoms with Gasteiger partial charge in [0.1, 0.15) is 11.5 Å². The Labute approximate surface area is 221 Å². The number of benzene rings is 2. The summed E-state index contributed by atoms with van der Waals surface area (Å²) < 4.78 is 25.1. The van der Waals surface area contributed by atoms with Crippen LogP contribution < -0.4 is 15.5 Å². The lowest BCUT2D eigenvalue weighted by Gasteiger charge is -2.29. The zero-order valence-electron chi connectivity index (χ0n) is 21.6. The molecule has 2 fully saturated rings. The summed E-state index contributed by atoms with van der Waals surface area (Å²) in [5, 5.41) is 9.92. The Morgan fingerprint density at radius 1 is 1.03 bits per heavy atom. The molecule has 5 rings (SSSR count). The highest BCUT2D eigenvalue weighted by molar-refractivity contribution is 6.05. The second kappa shape index (κ2) is 11.8. The maximum absolute atomic E-state index is 14.4. The van der Waals surface area contributed by atoms with Crippen LogP contribution >= 0.6 is 0 Å². The standard InChI is InChI=1S/C29H33FN4O4/c1-19-7-8-23(32-28(35)21-13-22(30)15-24(14-21)34-9-11-37-12-10-34)16-25(19)26-17-27(38-33-26)29(36)31-18-20-5-3-2-4-6-20/h7-8,13-17,20H,2-6,9-12,18H2,1H3,(H,31,36)(H,32,35). The van der Waals surface area contributed by atoms with Crippen molar-refractivity contribution in [3.63, 3.8) is 0 Å². The van der Waals surface area contributed by atoms with E-state index in [2.05, 4.69) is 15.8 Å². The quantitative estimate of drug-likeness (QED) is 0.445. The van der Waals surface area contributed by atoms with Crippen LogP contribution in [0.25, 0.3) is 11.3 Å². The molecule has 1 aliphatic heterocycles. The van der Waals surface area contributed by atoms with Crippen molar-refractivity contribution in [2.24, 2.45) is 5.92 Å². The van der Waals surface area contributed by atoms with Crippen LogP contribution in [-0.4, -0.2) is 49.8 Å². The third-order valence-electron chi connectivity index (χ3n) is 7.30. The SMILES string of the molecule is Cc1ccc(NC(=O)c2cc(F)cc(N3CCOCC3)c2)cc1-c1cc(C(=O)NCC2CCCCC2)on1. The predicted octanol–water partition coefficient (Wildman–Crippen LogP) is 5.19. The number of anilines is 2. The van der Waals surface area contributed by atoms with Gasteiger partial charge in [0.25, 0.3) is 11.8 Å². The molecule has 2 N–H and O–H groups in total. The first-order valence-corrected chi connectivity index (χ1v) is 13.3. The second-order valence-electron chi connectivity index (χ2n) is 10.1. The van der Waals surface area contributed by atoms with Crippen LogP contribution in [-0.2, 0) is 4.74 Å². The van der Waals surface area contributed by atoms with Crippen LogP contribution in [0, 0.1) is 18.7 Å². The maximum atomic E-state index is 14.4. The first-order chi connectivity index (χ1) is 18.5. The van der Waals surface area contributed by atoms with E-state index < -0.39 is 11.7 Å². The van der Waals surface area contributed by atoms with Crippen molar-refractivity contribution in [2.75, 3.05) is 43.1 Å². The first kappa shape index (κ1) is 25.9. The van der Waals surface area contributed by atoms with E-state index in [0.29, 0.717) is 55.8 Å². The zero-order valence-corrected chi connectivity index (χ0v) is 21.6. The lowest BCUT2D eigenvalue weighted by atomic mass is 9.89. The minimum Gasteiger partial charge on any atom is -0.378 e. The molecule has 3 aromatic rings. The van der Waals surface area contributed by atoms with Crippen LogP contribution in [0.1, 0.15) is 58.6 Å². The number of carbonyl (C=O) groups is 2. The Balaban J connectivity index is 1.27. The predicted molar refractivity (Wildman–Crippen MR) is 143 cm³/mol. The van der Waals surface area contributed by atoms with Gasteiger partial charge < -0.3 is 24.8 Å². The van der Waals surface area contributed by atoms with Gasteiger partial charge in [0.05, 0.1) is 13.2 Å². The lowest BCUT2D eigenvalue weighted by Crippen LogP contribution is -2.36. The number of aryl methyl sites for hydroxylation is 1. The second-order valence-corrected chi connectivity index (χ2v) is 10.1. The summed E-state index contributed by atoms with van der Waals surface area (Å²) >= 11 is 0. The lowest BCUT2D eigenvalue weighted by molar-refractivity contribution is 0.0906. The number of halogens is 1. The van der Waals surface area contributed by atoms with Gasteiger partial charge in [-0.25, -0.2) is 4.39 Å². The Kier molecular flexibility index (Phi) is 8.03. The third kappa shape index (κ3) is 6.22. The Hall–Kier alpha value is -3.72. The van der Waals surface area contributed by atoms with Crippen LogP contribution in [0.3, 0.4) is 0 Å². The van der Waals surface area contributed by atoms with Crippen molar-refractivity contribution >= 4 is 23.2 Å². The molecule has 8 nitrogen and oxygen atoms in total. The van der Waals surface area contributed by atoms with Crippen LogP contribution in [0.15, 0.2) is 47.0 Å². The first-order valence-electron chi connectivity index (χ1n) is 13.3. The topological polar surface area (TPSA) is 96.7 Å². The summed E-state index contributed by atoms with van der Waals surface area (Å²) in [6.45, 7) is 4.98. The van der Waals surface area contributed by atoms with Crippen molar-refractivity contribution in [3.05, 3.63) is 65.2 Å². The van der Waals surface area contributed by atoms with Gasteiger partial charge in [0.2, 0.25) is 5.76 Å². The average molecular weight is 521 g/mol. The van der Waals surface area contributed by atoms with Gasteiger partial charge in [0, 0.05) is 48.2 Å². The summed E-state index contributed by atoms with van der Waals surface area (Å²) in [7, 11) is 0. The summed E-state index contributed by atoms with van der Waals surface area (Å²) in [6, 6.07) is 11.4. The van der Waals surface area contributed by atoms with Crippen molar-refractivity contribution < 1.29 is 23.2 Å². The molecule has 0 radical (unpaired) electrons. The van der Waals surface area contributed by atoms with Crippen LogP contribution in [0.5, 0.6) is 0 Å². The van der Waals surface area contributed by atoms with Gasteiger partial charge in [-0.1, -0.05) is 30.5 Å². The molecule has 9 heteroatoms. The van der Waals surface area contributed by atoms with E-state index in [0.717, 1.165) is 24.0 Å². The van der Waals surface area contributed by atoms with Gasteiger partial charge in [-0.3, -0.25) is 9.59 Å². The molecule has 0 atom stereocenters. The Morgan fingerprint density at radius 2 is 1.82 bits per heavy atom. The molecule has 2 amide bonds. The number of aromatic nitrogens is 1. The fourth-order valence-corrected chi connectivity index (χ4v) is 5.11. The maximum Gasteiger partial charge on any atom is 0.289 e. The highest BCUT2D eigenvalue weighted by atomic mass is 19.1. The smallest absolute Gasteiger partial charge is 0.289 e. The molecule has 1 saturated carbocycles. The molecule has 38 heavy (non-hydrogen) atoms. The number of nitrogens with zero attached hydrogens (tertiary/aromatic N) is 2. The Bertz CT molecular complexity index is 1300. The van der Waals surface area contributed by atoms with Gasteiger partial charge in [-0.2, -0.15) is 0 Å². The zero-order chi connectivity index (χ0) is 26.5. The van der Waals surface area contributed by atoms with Crippen molar-refractivity contribution in [3.8, 4) is 11.3 Å². The average Bonchev–Trinajstić information content (AvgIpc) is 3.44. The summed E-state index contributed by atoms with van der Waals surface area (Å²) in [5.41, 5.74) is 3.55. The molecular formula is C29H33FN4O4. The fourth-order valence-electron chi connectivity index (χ4n) is 5.11. The van der Waals surface area contributed by atoms with E-state index in [9.17, 15) is 14.0 Å². The number of nitrogens with one attached hydrogen (secondary N) is 2. The number of rotatable bonds is 7. The molecule has 0 unspecified atom stereocenters. The van der Waals surface area contributed by atoms with Crippen LogP contribution in [0.4, 0.5) is 15.8 Å². The van der Waals surface area contributed by atoms with E-state index in [1.54, 1.807) is 24.3 Å². The third-order valence-corrected chi connectivity index (χ3v) is 7.30. The monoisotopic (exact) mass is 520 g/mol. The molecule has 2 aliphatic rings. The number of morpholine rings is 1. The molecule has 2 aromatic carbocycles. The molecule has 1 aliphatic carbocycles. The summed E-state index contributed by atoms with van der Waals surface area (Å²) in [5.74, 6) is -0.503. The van der Waals surface area contributed by atoms with E-state index in [1.165, 1.54) is 31.4 Å². The Morgan fingerprint density at radius 3 is 2.61 bits per heavy atom. The van der Waals surface area contributed by atoms with Crippen molar-refractivity contribution in [1.82, 2.24) is 10.5 Å². The molecule has 2 heterocycles. The van der Waals surface area contributed by atoms with E-state index in [4.69, 9.17) is 9.26 Å². The van der Waals surface area contributed by atoms with Gasteiger partial charge in [-0.15, -0.1) is 0 Å². The summed E-state index contributed by atoms with van der Waals surface area (Å²) in [4.78, 5) is 27.6.